The van der Waals surface area contributed by atoms with Crippen molar-refractivity contribution in [2.45, 2.75) is 24.0 Å². The maximum Gasteiger partial charge on any atom is 0.430 e. The number of hydrogen-bond donors (Lipinski definition) is 2. The first-order valence-electron chi connectivity index (χ1n) is 7.98. The molecular formula is C18H13Cl2F6NO3. The van der Waals surface area contributed by atoms with Crippen LogP contribution in [0.4, 0.5) is 32.0 Å². The number of ether oxygens (including phenoxy) is 1. The van der Waals surface area contributed by atoms with E-state index in [-0.39, 0.29) is 21.3 Å². The van der Waals surface area contributed by atoms with Gasteiger partial charge in [0, 0.05) is 11.3 Å². The van der Waals surface area contributed by atoms with Gasteiger partial charge in [-0.2, -0.15) is 26.3 Å². The zero-order valence-electron chi connectivity index (χ0n) is 14.9. The number of halogens is 8. The molecule has 0 saturated carbocycles. The summed E-state index contributed by atoms with van der Waals surface area (Å²) in [7, 11) is 1.09. The number of methoxy groups -OCH3 is 1. The van der Waals surface area contributed by atoms with Gasteiger partial charge in [0.25, 0.3) is 5.60 Å². The Hall–Kier alpha value is -2.17. The van der Waals surface area contributed by atoms with Crippen molar-refractivity contribution in [1.82, 2.24) is 0 Å². The SMILES string of the molecule is COC(=O)C(Nc1ccc(C(O)(C(F)(F)F)C(F)(F)F)cc1)c1ccc(Cl)c(Cl)c1. The number of anilines is 1. The highest BCUT2D eigenvalue weighted by Crippen LogP contribution is 2.50. The summed E-state index contributed by atoms with van der Waals surface area (Å²) < 4.78 is 82.5. The minimum atomic E-state index is -6.01. The predicted octanol–water partition coefficient (Wildman–Crippen LogP) is 5.63. The van der Waals surface area contributed by atoms with E-state index >= 15 is 0 Å². The summed E-state index contributed by atoms with van der Waals surface area (Å²) in [5, 5.41) is 12.4. The van der Waals surface area contributed by atoms with Crippen molar-refractivity contribution >= 4 is 34.9 Å². The smallest absolute Gasteiger partial charge is 0.430 e. The summed E-state index contributed by atoms with van der Waals surface area (Å²) in [4.78, 5) is 12.1. The Labute approximate surface area is 176 Å². The Balaban J connectivity index is 2.40. The monoisotopic (exact) mass is 475 g/mol. The second-order valence-electron chi connectivity index (χ2n) is 6.06. The van der Waals surface area contributed by atoms with E-state index in [2.05, 4.69) is 10.1 Å². The molecule has 0 aliphatic rings. The van der Waals surface area contributed by atoms with Crippen LogP contribution in [-0.2, 0) is 15.1 Å². The van der Waals surface area contributed by atoms with Gasteiger partial charge in [0.15, 0.2) is 6.04 Å². The lowest BCUT2D eigenvalue weighted by molar-refractivity contribution is -0.376. The van der Waals surface area contributed by atoms with Crippen molar-refractivity contribution in [1.29, 1.82) is 0 Å². The van der Waals surface area contributed by atoms with Crippen LogP contribution in [0.3, 0.4) is 0 Å². The third-order valence-corrected chi connectivity index (χ3v) is 4.89. The van der Waals surface area contributed by atoms with Crippen molar-refractivity contribution in [3.05, 3.63) is 63.6 Å². The van der Waals surface area contributed by atoms with Crippen LogP contribution in [0.1, 0.15) is 17.2 Å². The van der Waals surface area contributed by atoms with Gasteiger partial charge in [0.05, 0.1) is 17.2 Å². The molecule has 1 atom stereocenters. The molecule has 12 heteroatoms. The first-order chi connectivity index (χ1) is 13.7. The van der Waals surface area contributed by atoms with Crippen molar-refractivity contribution in [2.24, 2.45) is 0 Å². The topological polar surface area (TPSA) is 58.6 Å². The van der Waals surface area contributed by atoms with Crippen LogP contribution in [-0.4, -0.2) is 30.5 Å². The third kappa shape index (κ3) is 4.60. The molecule has 30 heavy (non-hydrogen) atoms. The van der Waals surface area contributed by atoms with Crippen LogP contribution in [0.25, 0.3) is 0 Å². The standard InChI is InChI=1S/C18H13Cl2F6NO3/c1-30-15(28)14(9-2-7-12(19)13(20)8-9)27-11-5-3-10(4-6-11)16(29,17(21,22)23)18(24,25)26/h2-8,14,27,29H,1H3. The maximum atomic E-state index is 13.0. The fourth-order valence-electron chi connectivity index (χ4n) is 2.55. The molecule has 1 unspecified atom stereocenters. The quantitative estimate of drug-likeness (QED) is 0.434. The van der Waals surface area contributed by atoms with Gasteiger partial charge in [0.2, 0.25) is 0 Å². The first kappa shape index (κ1) is 24.1. The highest BCUT2D eigenvalue weighted by atomic mass is 35.5. The van der Waals surface area contributed by atoms with E-state index in [1.54, 1.807) is 0 Å². The molecule has 0 aromatic heterocycles. The number of rotatable bonds is 5. The predicted molar refractivity (Wildman–Crippen MR) is 97.3 cm³/mol. The number of esters is 1. The lowest BCUT2D eigenvalue weighted by atomic mass is 9.92. The number of carbonyl (C=O) groups excluding carboxylic acids is 1. The zero-order valence-corrected chi connectivity index (χ0v) is 16.4. The molecule has 164 valence electrons. The van der Waals surface area contributed by atoms with E-state index in [1.807, 2.05) is 0 Å². The molecule has 0 aliphatic carbocycles. The van der Waals surface area contributed by atoms with Gasteiger partial charge in [-0.15, -0.1) is 0 Å². The minimum absolute atomic E-state index is 0.0214. The van der Waals surface area contributed by atoms with Crippen molar-refractivity contribution < 1.29 is 41.0 Å². The van der Waals surface area contributed by atoms with Crippen LogP contribution >= 0.6 is 23.2 Å². The van der Waals surface area contributed by atoms with Gasteiger partial charge >= 0.3 is 18.3 Å². The highest BCUT2D eigenvalue weighted by molar-refractivity contribution is 6.42. The lowest BCUT2D eigenvalue weighted by Crippen LogP contribution is -2.53. The number of benzene rings is 2. The van der Waals surface area contributed by atoms with E-state index < -0.39 is 35.5 Å². The summed E-state index contributed by atoms with van der Waals surface area (Å²) in [6.07, 6.45) is -12.0. The fraction of sp³-hybridized carbons (Fsp3) is 0.278. The molecule has 0 saturated heterocycles. The molecule has 0 spiro atoms. The van der Waals surface area contributed by atoms with Gasteiger partial charge in [-0.1, -0.05) is 41.4 Å². The molecule has 0 bridgehead atoms. The summed E-state index contributed by atoms with van der Waals surface area (Å²) in [6, 6.07) is 5.59. The Morgan fingerprint density at radius 3 is 1.93 bits per heavy atom. The number of nitrogens with one attached hydrogen (secondary N) is 1. The Morgan fingerprint density at radius 1 is 0.967 bits per heavy atom. The Kier molecular flexibility index (Phi) is 6.85. The number of aliphatic hydroxyl groups is 1. The number of alkyl halides is 6. The van der Waals surface area contributed by atoms with Gasteiger partial charge in [-0.25, -0.2) is 4.79 Å². The van der Waals surface area contributed by atoms with E-state index in [1.165, 1.54) is 18.2 Å². The molecule has 2 N–H and O–H groups in total. The van der Waals surface area contributed by atoms with Crippen LogP contribution in [0.15, 0.2) is 42.5 Å². The number of carbonyl (C=O) groups is 1. The van der Waals surface area contributed by atoms with E-state index in [4.69, 9.17) is 23.2 Å². The minimum Gasteiger partial charge on any atom is -0.467 e. The summed E-state index contributed by atoms with van der Waals surface area (Å²) in [6.45, 7) is 0. The van der Waals surface area contributed by atoms with E-state index in [0.717, 1.165) is 19.2 Å². The van der Waals surface area contributed by atoms with Crippen molar-refractivity contribution in [2.75, 3.05) is 12.4 Å². The molecular weight excluding hydrogens is 463 g/mol. The molecule has 0 heterocycles. The summed E-state index contributed by atoms with van der Waals surface area (Å²) >= 11 is 11.7. The molecule has 4 nitrogen and oxygen atoms in total. The molecule has 0 aliphatic heterocycles. The van der Waals surface area contributed by atoms with Crippen molar-refractivity contribution in [3.63, 3.8) is 0 Å². The van der Waals surface area contributed by atoms with Gasteiger partial charge < -0.3 is 15.2 Å². The Bertz CT molecular complexity index is 902. The largest absolute Gasteiger partial charge is 0.467 e. The first-order valence-corrected chi connectivity index (χ1v) is 8.73. The average Bonchev–Trinajstić information content (AvgIpc) is 2.66. The summed E-state index contributed by atoms with van der Waals surface area (Å²) in [5.74, 6) is -0.806. The van der Waals surface area contributed by atoms with E-state index in [9.17, 15) is 36.2 Å². The molecule has 2 rings (SSSR count). The third-order valence-electron chi connectivity index (χ3n) is 4.15. The Morgan fingerprint density at radius 2 is 1.50 bits per heavy atom. The fourth-order valence-corrected chi connectivity index (χ4v) is 2.86. The molecule has 0 fully saturated rings. The second-order valence-corrected chi connectivity index (χ2v) is 6.87. The van der Waals surface area contributed by atoms with Gasteiger partial charge in [0.1, 0.15) is 0 Å². The van der Waals surface area contributed by atoms with Crippen molar-refractivity contribution in [3.8, 4) is 0 Å². The normalized spacial score (nSPS) is 13.7. The highest BCUT2D eigenvalue weighted by Gasteiger charge is 2.71. The van der Waals surface area contributed by atoms with Gasteiger partial charge in [-0.3, -0.25) is 0 Å². The molecule has 0 amide bonds. The van der Waals surface area contributed by atoms with Crippen LogP contribution < -0.4 is 5.32 Å². The van der Waals surface area contributed by atoms with Crippen LogP contribution in [0, 0.1) is 0 Å². The van der Waals surface area contributed by atoms with E-state index in [0.29, 0.717) is 12.1 Å². The average molecular weight is 476 g/mol. The van der Waals surface area contributed by atoms with Crippen LogP contribution in [0.5, 0.6) is 0 Å². The second kappa shape index (κ2) is 8.52. The maximum absolute atomic E-state index is 13.0. The molecule has 2 aromatic rings. The van der Waals surface area contributed by atoms with Crippen LogP contribution in [0.2, 0.25) is 10.0 Å². The number of hydrogen-bond acceptors (Lipinski definition) is 4. The van der Waals surface area contributed by atoms with Gasteiger partial charge in [-0.05, 0) is 29.8 Å². The zero-order chi connectivity index (χ0) is 22.9. The summed E-state index contributed by atoms with van der Waals surface area (Å²) in [5.41, 5.74) is -6.23. The molecule has 0 radical (unpaired) electrons. The lowest BCUT2D eigenvalue weighted by Gasteiger charge is -2.32. The molecule has 2 aromatic carbocycles.